The van der Waals surface area contributed by atoms with Gasteiger partial charge in [-0.05, 0) is 18.9 Å². The van der Waals surface area contributed by atoms with Crippen LogP contribution in [0.4, 0.5) is 0 Å². The van der Waals surface area contributed by atoms with E-state index in [1.165, 1.54) is 11.9 Å². The van der Waals surface area contributed by atoms with Crippen molar-refractivity contribution >= 4 is 18.2 Å². The highest BCUT2D eigenvalue weighted by atomic mass is 32.2. The maximum Gasteiger partial charge on any atom is 0.0601 e. The summed E-state index contributed by atoms with van der Waals surface area (Å²) in [5.41, 5.74) is 5.47. The van der Waals surface area contributed by atoms with Crippen LogP contribution in [0.3, 0.4) is 0 Å². The second-order valence-electron chi connectivity index (χ2n) is 2.01. The standard InChI is InChI=1S/C4H8N2S/c1-4(5)2-6-7-3-4/h2H,3,5H2,1H3. The van der Waals surface area contributed by atoms with Gasteiger partial charge in [0, 0.05) is 12.0 Å². The molecule has 0 aromatic heterocycles. The third-order valence-corrected chi connectivity index (χ3v) is 1.80. The molecule has 3 heteroatoms. The molecule has 1 heterocycles. The van der Waals surface area contributed by atoms with Gasteiger partial charge in [-0.1, -0.05) is 0 Å². The van der Waals surface area contributed by atoms with Crippen molar-refractivity contribution < 1.29 is 0 Å². The Morgan fingerprint density at radius 3 is 2.86 bits per heavy atom. The van der Waals surface area contributed by atoms with Gasteiger partial charge in [-0.2, -0.15) is 0 Å². The van der Waals surface area contributed by atoms with Crippen molar-refractivity contribution in [3.05, 3.63) is 0 Å². The van der Waals surface area contributed by atoms with E-state index in [4.69, 9.17) is 5.73 Å². The van der Waals surface area contributed by atoms with Gasteiger partial charge in [0.25, 0.3) is 0 Å². The summed E-state index contributed by atoms with van der Waals surface area (Å²) in [6, 6.07) is 0. The fraction of sp³-hybridized carbons (Fsp3) is 0.750. The molecule has 1 rings (SSSR count). The SMILES string of the molecule is CC1(N)C=NSC1. The van der Waals surface area contributed by atoms with Gasteiger partial charge in [-0.3, -0.25) is 0 Å². The number of nitrogens with zero attached hydrogens (tertiary/aromatic N) is 1. The van der Waals surface area contributed by atoms with Crippen molar-refractivity contribution in [3.63, 3.8) is 0 Å². The van der Waals surface area contributed by atoms with Crippen LogP contribution in [-0.4, -0.2) is 17.5 Å². The summed E-state index contributed by atoms with van der Waals surface area (Å²) in [6.45, 7) is 1.97. The molecule has 0 aliphatic carbocycles. The molecule has 2 nitrogen and oxygen atoms in total. The van der Waals surface area contributed by atoms with Crippen molar-refractivity contribution in [2.24, 2.45) is 10.1 Å². The van der Waals surface area contributed by atoms with E-state index in [0.29, 0.717) is 0 Å². The fourth-order valence-electron chi connectivity index (χ4n) is 0.371. The Morgan fingerprint density at radius 1 is 2.00 bits per heavy atom. The molecule has 1 unspecified atom stereocenters. The quantitative estimate of drug-likeness (QED) is 0.466. The van der Waals surface area contributed by atoms with Crippen molar-refractivity contribution in [1.82, 2.24) is 0 Å². The zero-order chi connectivity index (χ0) is 5.33. The van der Waals surface area contributed by atoms with Crippen molar-refractivity contribution in [3.8, 4) is 0 Å². The zero-order valence-corrected chi connectivity index (χ0v) is 5.03. The highest BCUT2D eigenvalue weighted by molar-refractivity contribution is 7.98. The average molecular weight is 116 g/mol. The van der Waals surface area contributed by atoms with Crippen molar-refractivity contribution in [2.45, 2.75) is 12.5 Å². The van der Waals surface area contributed by atoms with Crippen LogP contribution >= 0.6 is 11.9 Å². The molecule has 0 radical (unpaired) electrons. The third-order valence-electron chi connectivity index (χ3n) is 0.798. The van der Waals surface area contributed by atoms with Crippen LogP contribution in [0.15, 0.2) is 4.40 Å². The van der Waals surface area contributed by atoms with Gasteiger partial charge in [0.15, 0.2) is 0 Å². The molecule has 1 atom stereocenters. The molecule has 7 heavy (non-hydrogen) atoms. The van der Waals surface area contributed by atoms with Crippen LogP contribution in [0.5, 0.6) is 0 Å². The molecular weight excluding hydrogens is 108 g/mol. The Balaban J connectivity index is 2.57. The maximum atomic E-state index is 5.61. The highest BCUT2D eigenvalue weighted by Gasteiger charge is 2.19. The minimum Gasteiger partial charge on any atom is -0.320 e. The molecule has 0 spiro atoms. The molecular formula is C4H8N2S. The van der Waals surface area contributed by atoms with Crippen LogP contribution in [0.1, 0.15) is 6.92 Å². The normalized spacial score (nSPS) is 39.7. The van der Waals surface area contributed by atoms with E-state index >= 15 is 0 Å². The Hall–Kier alpha value is -0.0200. The summed E-state index contributed by atoms with van der Waals surface area (Å²) in [4.78, 5) is 0. The second-order valence-corrected chi connectivity index (χ2v) is 2.77. The molecule has 0 aromatic carbocycles. The number of hydrogen-bond acceptors (Lipinski definition) is 3. The first-order valence-electron chi connectivity index (χ1n) is 2.16. The lowest BCUT2D eigenvalue weighted by Gasteiger charge is -2.08. The van der Waals surface area contributed by atoms with Gasteiger partial charge in [-0.15, -0.1) is 0 Å². The molecule has 0 saturated heterocycles. The van der Waals surface area contributed by atoms with E-state index in [1.54, 1.807) is 6.21 Å². The lowest BCUT2D eigenvalue weighted by atomic mass is 10.1. The van der Waals surface area contributed by atoms with E-state index in [0.717, 1.165) is 5.75 Å². The molecule has 1 aliphatic heterocycles. The predicted octanol–water partition coefficient (Wildman–Crippen LogP) is 0.436. The first kappa shape index (κ1) is 5.12. The molecule has 2 N–H and O–H groups in total. The van der Waals surface area contributed by atoms with Gasteiger partial charge in [-0.25, -0.2) is 4.40 Å². The molecule has 0 saturated carbocycles. The summed E-state index contributed by atoms with van der Waals surface area (Å²) >= 11 is 1.53. The summed E-state index contributed by atoms with van der Waals surface area (Å²) < 4.78 is 3.90. The Kier molecular flexibility index (Phi) is 1.09. The van der Waals surface area contributed by atoms with E-state index in [1.807, 2.05) is 6.92 Å². The summed E-state index contributed by atoms with van der Waals surface area (Å²) in [5, 5.41) is 0. The van der Waals surface area contributed by atoms with Crippen LogP contribution in [0, 0.1) is 0 Å². The number of rotatable bonds is 0. The average Bonchev–Trinajstić information content (AvgIpc) is 1.84. The Morgan fingerprint density at radius 2 is 2.71 bits per heavy atom. The smallest absolute Gasteiger partial charge is 0.0601 e. The van der Waals surface area contributed by atoms with Gasteiger partial charge in [0.2, 0.25) is 0 Å². The monoisotopic (exact) mass is 116 g/mol. The summed E-state index contributed by atoms with van der Waals surface area (Å²) in [6.07, 6.45) is 1.79. The maximum absolute atomic E-state index is 5.61. The van der Waals surface area contributed by atoms with Crippen LogP contribution < -0.4 is 5.73 Å². The van der Waals surface area contributed by atoms with Gasteiger partial charge in [0.05, 0.1) is 5.54 Å². The molecule has 0 bridgehead atoms. The lowest BCUT2D eigenvalue weighted by molar-refractivity contribution is 0.737. The minimum atomic E-state index is -0.134. The topological polar surface area (TPSA) is 38.4 Å². The van der Waals surface area contributed by atoms with Gasteiger partial charge >= 0.3 is 0 Å². The Bertz CT molecular complexity index is 97.9. The second kappa shape index (κ2) is 1.49. The zero-order valence-electron chi connectivity index (χ0n) is 4.22. The molecule has 40 valence electrons. The number of hydrogen-bond donors (Lipinski definition) is 1. The third kappa shape index (κ3) is 1.17. The molecule has 1 aliphatic rings. The van der Waals surface area contributed by atoms with Crippen LogP contribution in [0.25, 0.3) is 0 Å². The Labute approximate surface area is 47.3 Å². The predicted molar refractivity (Wildman–Crippen MR) is 33.5 cm³/mol. The summed E-state index contributed by atoms with van der Waals surface area (Å²) in [5.74, 6) is 0.924. The first-order valence-corrected chi connectivity index (χ1v) is 3.10. The van der Waals surface area contributed by atoms with E-state index in [9.17, 15) is 0 Å². The fourth-order valence-corrected chi connectivity index (χ4v) is 1.11. The van der Waals surface area contributed by atoms with Gasteiger partial charge < -0.3 is 5.73 Å². The van der Waals surface area contributed by atoms with Gasteiger partial charge in [0.1, 0.15) is 0 Å². The van der Waals surface area contributed by atoms with Crippen LogP contribution in [-0.2, 0) is 0 Å². The minimum absolute atomic E-state index is 0.134. The van der Waals surface area contributed by atoms with E-state index < -0.39 is 0 Å². The van der Waals surface area contributed by atoms with E-state index in [-0.39, 0.29) is 5.54 Å². The molecule has 0 amide bonds. The van der Waals surface area contributed by atoms with Crippen LogP contribution in [0.2, 0.25) is 0 Å². The van der Waals surface area contributed by atoms with Crippen molar-refractivity contribution in [1.29, 1.82) is 0 Å². The summed E-state index contributed by atoms with van der Waals surface area (Å²) in [7, 11) is 0. The van der Waals surface area contributed by atoms with E-state index in [2.05, 4.69) is 4.40 Å². The van der Waals surface area contributed by atoms with Crippen molar-refractivity contribution in [2.75, 3.05) is 5.75 Å². The molecule has 0 fully saturated rings. The highest BCUT2D eigenvalue weighted by Crippen LogP contribution is 2.16. The first-order chi connectivity index (χ1) is 3.21. The molecule has 0 aromatic rings. The number of nitrogens with two attached hydrogens (primary N) is 1. The largest absolute Gasteiger partial charge is 0.320 e. The lowest BCUT2D eigenvalue weighted by Crippen LogP contribution is -2.37.